The maximum Gasteiger partial charge on any atom is 0.182 e. The number of benzene rings is 1. The predicted molar refractivity (Wildman–Crippen MR) is 75.9 cm³/mol. The fraction of sp³-hybridized carbons (Fsp3) is 0.200. The van der Waals surface area contributed by atoms with E-state index in [0.717, 1.165) is 11.1 Å². The number of hydrazine groups is 2. The van der Waals surface area contributed by atoms with Gasteiger partial charge in [-0.3, -0.25) is 10.9 Å². The Balaban J connectivity index is 1.73. The molecule has 2 fully saturated rings. The summed E-state index contributed by atoms with van der Waals surface area (Å²) in [7, 11) is 0. The van der Waals surface area contributed by atoms with Crippen LogP contribution in [0, 0.1) is 0 Å². The second kappa shape index (κ2) is 4.65. The smallest absolute Gasteiger partial charge is 0.182 e. The van der Waals surface area contributed by atoms with Crippen molar-refractivity contribution in [3.05, 3.63) is 35.4 Å². The topological polar surface area (TPSA) is 72.2 Å². The van der Waals surface area contributed by atoms with Crippen LogP contribution in [0.2, 0.25) is 0 Å². The summed E-state index contributed by atoms with van der Waals surface area (Å²) >= 11 is 9.99. The number of nitrogens with one attached hydrogen (secondary N) is 6. The van der Waals surface area contributed by atoms with Gasteiger partial charge in [-0.05, 0) is 35.6 Å². The molecular weight excluding hydrogens is 268 g/mol. The van der Waals surface area contributed by atoms with Crippen molar-refractivity contribution in [2.75, 3.05) is 0 Å². The van der Waals surface area contributed by atoms with E-state index >= 15 is 0 Å². The first-order valence-electron chi connectivity index (χ1n) is 5.46. The summed E-state index contributed by atoms with van der Waals surface area (Å²) in [6.07, 6.45) is 0.0190. The standard InChI is InChI=1S/C10H12N6S2/c17-9-11-7(13-15-9)5-1-2-6(4-3-5)8-12-10(18)16-14-8/h1-4,7-8,13-14H,(H2,11,15,17)(H2,12,16,18). The molecule has 2 unspecified atom stereocenters. The van der Waals surface area contributed by atoms with Gasteiger partial charge in [0.05, 0.1) is 0 Å². The van der Waals surface area contributed by atoms with Crippen LogP contribution in [0.4, 0.5) is 0 Å². The van der Waals surface area contributed by atoms with Crippen LogP contribution in [0.1, 0.15) is 23.5 Å². The fourth-order valence-electron chi connectivity index (χ4n) is 1.90. The molecule has 94 valence electrons. The number of rotatable bonds is 2. The molecule has 2 saturated heterocycles. The fourth-order valence-corrected chi connectivity index (χ4v) is 2.25. The van der Waals surface area contributed by atoms with Gasteiger partial charge in [-0.15, -0.1) is 0 Å². The molecule has 0 aliphatic carbocycles. The molecule has 0 saturated carbocycles. The summed E-state index contributed by atoms with van der Waals surface area (Å²) in [6, 6.07) is 8.17. The Morgan fingerprint density at radius 2 is 1.11 bits per heavy atom. The minimum absolute atomic E-state index is 0.00949. The highest BCUT2D eigenvalue weighted by atomic mass is 32.1. The van der Waals surface area contributed by atoms with Crippen molar-refractivity contribution in [3.8, 4) is 0 Å². The molecule has 18 heavy (non-hydrogen) atoms. The van der Waals surface area contributed by atoms with Crippen LogP contribution in [0.25, 0.3) is 0 Å². The van der Waals surface area contributed by atoms with Crippen molar-refractivity contribution >= 4 is 34.7 Å². The Bertz CT molecular complexity index is 443. The first-order chi connectivity index (χ1) is 8.72. The average Bonchev–Trinajstić information content (AvgIpc) is 2.98. The molecule has 2 aliphatic rings. The highest BCUT2D eigenvalue weighted by Crippen LogP contribution is 2.17. The Kier molecular flexibility index (Phi) is 3.00. The lowest BCUT2D eigenvalue weighted by Gasteiger charge is -2.13. The predicted octanol–water partition coefficient (Wildman–Crippen LogP) is -0.352. The number of thiocarbonyl (C=S) groups is 2. The van der Waals surface area contributed by atoms with Gasteiger partial charge in [-0.25, -0.2) is 10.9 Å². The second-order valence-corrected chi connectivity index (χ2v) is 4.83. The van der Waals surface area contributed by atoms with Gasteiger partial charge in [0.25, 0.3) is 0 Å². The lowest BCUT2D eigenvalue weighted by molar-refractivity contribution is 0.546. The summed E-state index contributed by atoms with van der Waals surface area (Å²) in [5.74, 6) is 0. The molecule has 0 spiro atoms. The second-order valence-electron chi connectivity index (χ2n) is 4.02. The van der Waals surface area contributed by atoms with E-state index < -0.39 is 0 Å². The van der Waals surface area contributed by atoms with E-state index in [2.05, 4.69) is 32.3 Å². The van der Waals surface area contributed by atoms with Crippen LogP contribution < -0.4 is 32.3 Å². The van der Waals surface area contributed by atoms with Crippen molar-refractivity contribution in [2.45, 2.75) is 12.3 Å². The molecule has 0 amide bonds. The molecule has 1 aromatic carbocycles. The van der Waals surface area contributed by atoms with Crippen LogP contribution in [0.15, 0.2) is 24.3 Å². The van der Waals surface area contributed by atoms with Crippen molar-refractivity contribution in [1.82, 2.24) is 32.3 Å². The molecule has 0 bridgehead atoms. The number of hydrogen-bond acceptors (Lipinski definition) is 4. The summed E-state index contributed by atoms with van der Waals surface area (Å²) in [4.78, 5) is 0. The normalized spacial score (nSPS) is 26.2. The van der Waals surface area contributed by atoms with Crippen molar-refractivity contribution < 1.29 is 0 Å². The molecule has 6 nitrogen and oxygen atoms in total. The van der Waals surface area contributed by atoms with E-state index in [0.29, 0.717) is 10.2 Å². The van der Waals surface area contributed by atoms with Crippen LogP contribution in [-0.2, 0) is 0 Å². The van der Waals surface area contributed by atoms with E-state index in [1.807, 2.05) is 24.3 Å². The summed E-state index contributed by atoms with van der Waals surface area (Å²) in [6.45, 7) is 0. The largest absolute Gasteiger partial charge is 0.341 e. The van der Waals surface area contributed by atoms with Crippen molar-refractivity contribution in [1.29, 1.82) is 0 Å². The van der Waals surface area contributed by atoms with E-state index in [1.165, 1.54) is 0 Å². The Morgan fingerprint density at radius 1 is 0.722 bits per heavy atom. The lowest BCUT2D eigenvalue weighted by Crippen LogP contribution is -2.27. The molecule has 1 aromatic rings. The zero-order valence-electron chi connectivity index (χ0n) is 9.28. The van der Waals surface area contributed by atoms with E-state index in [9.17, 15) is 0 Å². The monoisotopic (exact) mass is 280 g/mol. The third-order valence-corrected chi connectivity index (χ3v) is 3.25. The van der Waals surface area contributed by atoms with Crippen LogP contribution >= 0.6 is 24.4 Å². The zero-order valence-corrected chi connectivity index (χ0v) is 10.9. The Morgan fingerprint density at radius 3 is 1.39 bits per heavy atom. The minimum atomic E-state index is 0.00949. The Labute approximate surface area is 115 Å². The summed E-state index contributed by atoms with van der Waals surface area (Å²) in [5, 5.41) is 7.44. The highest BCUT2D eigenvalue weighted by molar-refractivity contribution is 7.80. The molecule has 8 heteroatoms. The first kappa shape index (κ1) is 11.6. The van der Waals surface area contributed by atoms with Gasteiger partial charge in [0, 0.05) is 0 Å². The van der Waals surface area contributed by atoms with E-state index in [1.54, 1.807) is 0 Å². The van der Waals surface area contributed by atoms with Gasteiger partial charge in [0.1, 0.15) is 12.3 Å². The molecule has 2 aliphatic heterocycles. The maximum atomic E-state index is 4.99. The molecule has 2 atom stereocenters. The molecule has 6 N–H and O–H groups in total. The van der Waals surface area contributed by atoms with E-state index in [4.69, 9.17) is 24.4 Å². The van der Waals surface area contributed by atoms with Gasteiger partial charge in [-0.2, -0.15) is 0 Å². The average molecular weight is 280 g/mol. The quantitative estimate of drug-likeness (QED) is 0.411. The lowest BCUT2D eigenvalue weighted by atomic mass is 10.1. The summed E-state index contributed by atoms with van der Waals surface area (Å²) in [5.41, 5.74) is 14.0. The zero-order chi connectivity index (χ0) is 12.5. The third-order valence-electron chi connectivity index (χ3n) is 2.81. The van der Waals surface area contributed by atoms with Crippen molar-refractivity contribution in [2.24, 2.45) is 0 Å². The van der Waals surface area contributed by atoms with Crippen LogP contribution in [-0.4, -0.2) is 10.2 Å². The van der Waals surface area contributed by atoms with Crippen molar-refractivity contribution in [3.63, 3.8) is 0 Å². The molecular formula is C10H12N6S2. The highest BCUT2D eigenvalue weighted by Gasteiger charge is 2.21. The molecule has 0 aromatic heterocycles. The van der Waals surface area contributed by atoms with Crippen LogP contribution in [0.3, 0.4) is 0 Å². The van der Waals surface area contributed by atoms with Gasteiger partial charge in [0.2, 0.25) is 0 Å². The van der Waals surface area contributed by atoms with Gasteiger partial charge < -0.3 is 10.6 Å². The van der Waals surface area contributed by atoms with Gasteiger partial charge >= 0.3 is 0 Å². The SMILES string of the molecule is S=C1NNC(c2ccc(C3NNC(=S)N3)cc2)N1. The minimum Gasteiger partial charge on any atom is -0.341 e. The third kappa shape index (κ3) is 2.23. The molecule has 2 heterocycles. The molecule has 0 radical (unpaired) electrons. The number of hydrogen-bond donors (Lipinski definition) is 6. The van der Waals surface area contributed by atoms with Gasteiger partial charge in [-0.1, -0.05) is 24.3 Å². The molecule has 3 rings (SSSR count). The first-order valence-corrected chi connectivity index (χ1v) is 6.28. The van der Waals surface area contributed by atoms with Gasteiger partial charge in [0.15, 0.2) is 10.2 Å². The van der Waals surface area contributed by atoms with E-state index in [-0.39, 0.29) is 12.3 Å². The van der Waals surface area contributed by atoms with Crippen LogP contribution in [0.5, 0.6) is 0 Å². The Hall–Kier alpha value is -1.48. The maximum absolute atomic E-state index is 4.99. The summed E-state index contributed by atoms with van der Waals surface area (Å²) < 4.78 is 0.